The number of carbonyl (C=O) groups is 1. The minimum absolute atomic E-state index is 0.220. The molecule has 31 heavy (non-hydrogen) atoms. The lowest BCUT2D eigenvalue weighted by atomic mass is 10.1. The van der Waals surface area contributed by atoms with Gasteiger partial charge in [-0.1, -0.05) is 12.1 Å². The first-order valence-corrected chi connectivity index (χ1v) is 10.1. The lowest BCUT2D eigenvalue weighted by molar-refractivity contribution is 0.102. The van der Waals surface area contributed by atoms with Gasteiger partial charge in [-0.15, -0.1) is 0 Å². The van der Waals surface area contributed by atoms with Gasteiger partial charge in [0.15, 0.2) is 5.65 Å². The summed E-state index contributed by atoms with van der Waals surface area (Å²) in [7, 11) is 0. The Morgan fingerprint density at radius 1 is 1.19 bits per heavy atom. The maximum Gasteiger partial charge on any atom is 0.256 e. The van der Waals surface area contributed by atoms with E-state index < -0.39 is 0 Å². The normalized spacial score (nSPS) is 16.0. The van der Waals surface area contributed by atoms with Crippen molar-refractivity contribution in [3.63, 3.8) is 0 Å². The van der Waals surface area contributed by atoms with Crippen LogP contribution in [0.5, 0.6) is 0 Å². The summed E-state index contributed by atoms with van der Waals surface area (Å²) in [6.45, 7) is 3.74. The fraction of sp³-hybridized carbons (Fsp3) is 0.227. The van der Waals surface area contributed by atoms with Gasteiger partial charge in [-0.05, 0) is 49.7 Å². The number of hydrogen-bond acceptors (Lipinski definition) is 7. The Morgan fingerprint density at radius 2 is 2.03 bits per heavy atom. The second kappa shape index (κ2) is 7.77. The van der Waals surface area contributed by atoms with E-state index in [1.807, 2.05) is 35.9 Å². The highest BCUT2D eigenvalue weighted by Gasteiger charge is 2.24. The number of amides is 1. The van der Waals surface area contributed by atoms with E-state index in [9.17, 15) is 4.79 Å². The number of nitrogens with two attached hydrogens (primary N) is 1. The van der Waals surface area contributed by atoms with Gasteiger partial charge < -0.3 is 16.4 Å². The quantitative estimate of drug-likeness (QED) is 0.469. The van der Waals surface area contributed by atoms with E-state index in [-0.39, 0.29) is 11.9 Å². The molecule has 0 radical (unpaired) electrons. The molecule has 9 nitrogen and oxygen atoms in total. The van der Waals surface area contributed by atoms with Crippen LogP contribution >= 0.6 is 0 Å². The van der Waals surface area contributed by atoms with Gasteiger partial charge in [0.1, 0.15) is 23.7 Å². The molecule has 1 amide bonds. The van der Waals surface area contributed by atoms with Crippen LogP contribution in [-0.4, -0.2) is 43.7 Å². The highest BCUT2D eigenvalue weighted by Crippen LogP contribution is 2.32. The molecule has 0 unspecified atom stereocenters. The zero-order valence-electron chi connectivity index (χ0n) is 17.0. The summed E-state index contributed by atoms with van der Waals surface area (Å²) in [5.41, 5.74) is 10.0. The van der Waals surface area contributed by atoms with E-state index in [0.29, 0.717) is 22.9 Å². The van der Waals surface area contributed by atoms with Gasteiger partial charge in [0.2, 0.25) is 0 Å². The standard InChI is InChI=1S/C22H22N8O/c1-13-6-9-25-17(10-13)28-22(31)15-4-2-14(3-5-15)19-18-20(23)26-12-27-21(18)30(29-19)16-7-8-24-11-16/h2-6,9-10,12,16,24H,7-8,11H2,1H3,(H2,23,26,27)(H,25,28,31)/t16-/m1/s1. The number of aromatic nitrogens is 5. The van der Waals surface area contributed by atoms with Crippen molar-refractivity contribution in [2.24, 2.45) is 0 Å². The zero-order chi connectivity index (χ0) is 21.4. The lowest BCUT2D eigenvalue weighted by Gasteiger charge is -2.09. The fourth-order valence-electron chi connectivity index (χ4n) is 3.87. The van der Waals surface area contributed by atoms with Crippen molar-refractivity contribution >= 4 is 28.6 Å². The van der Waals surface area contributed by atoms with E-state index in [2.05, 4.69) is 25.6 Å². The fourth-order valence-corrected chi connectivity index (χ4v) is 3.87. The van der Waals surface area contributed by atoms with E-state index >= 15 is 0 Å². The van der Waals surface area contributed by atoms with Crippen molar-refractivity contribution in [1.29, 1.82) is 0 Å². The number of rotatable bonds is 4. The van der Waals surface area contributed by atoms with Crippen LogP contribution in [-0.2, 0) is 0 Å². The molecule has 0 saturated carbocycles. The number of nitrogen functional groups attached to an aromatic ring is 1. The number of nitrogens with one attached hydrogen (secondary N) is 2. The molecule has 0 aliphatic carbocycles. The molecule has 1 saturated heterocycles. The molecule has 1 aromatic carbocycles. The van der Waals surface area contributed by atoms with Crippen LogP contribution in [0.1, 0.15) is 28.4 Å². The van der Waals surface area contributed by atoms with Crippen molar-refractivity contribution in [2.75, 3.05) is 24.1 Å². The van der Waals surface area contributed by atoms with Crippen LogP contribution in [0, 0.1) is 6.92 Å². The van der Waals surface area contributed by atoms with Gasteiger partial charge in [0.05, 0.1) is 11.4 Å². The number of anilines is 2. The van der Waals surface area contributed by atoms with E-state index in [1.165, 1.54) is 6.33 Å². The molecular formula is C22H22N8O. The van der Waals surface area contributed by atoms with Crippen LogP contribution in [0.4, 0.5) is 11.6 Å². The summed E-state index contributed by atoms with van der Waals surface area (Å²) in [5.74, 6) is 0.693. The van der Waals surface area contributed by atoms with Crippen LogP contribution in [0.25, 0.3) is 22.3 Å². The molecule has 1 fully saturated rings. The molecule has 4 aromatic rings. The van der Waals surface area contributed by atoms with Crippen LogP contribution in [0.15, 0.2) is 48.9 Å². The topological polar surface area (TPSA) is 124 Å². The van der Waals surface area contributed by atoms with Crippen molar-refractivity contribution < 1.29 is 4.79 Å². The Morgan fingerprint density at radius 3 is 2.77 bits per heavy atom. The van der Waals surface area contributed by atoms with E-state index in [0.717, 1.165) is 41.7 Å². The molecule has 5 rings (SSSR count). The first-order chi connectivity index (χ1) is 15.1. The SMILES string of the molecule is Cc1ccnc(NC(=O)c2ccc(-c3nn([C@@H]4CCNC4)c4ncnc(N)c34)cc2)c1. The number of aryl methyl sites for hydroxylation is 1. The minimum Gasteiger partial charge on any atom is -0.383 e. The smallest absolute Gasteiger partial charge is 0.256 e. The Bertz CT molecular complexity index is 1260. The molecule has 0 bridgehead atoms. The third kappa shape index (κ3) is 3.59. The second-order valence-electron chi connectivity index (χ2n) is 7.65. The molecule has 9 heteroatoms. The van der Waals surface area contributed by atoms with E-state index in [4.69, 9.17) is 10.8 Å². The highest BCUT2D eigenvalue weighted by molar-refractivity contribution is 6.04. The van der Waals surface area contributed by atoms with Gasteiger partial charge in [-0.25, -0.2) is 19.6 Å². The van der Waals surface area contributed by atoms with Gasteiger partial charge in [0.25, 0.3) is 5.91 Å². The third-order valence-corrected chi connectivity index (χ3v) is 5.48. The van der Waals surface area contributed by atoms with Crippen molar-refractivity contribution in [2.45, 2.75) is 19.4 Å². The Hall–Kier alpha value is -3.85. The number of pyridine rings is 1. The predicted molar refractivity (Wildman–Crippen MR) is 119 cm³/mol. The van der Waals surface area contributed by atoms with E-state index in [1.54, 1.807) is 18.3 Å². The number of fused-ring (bicyclic) bond motifs is 1. The van der Waals surface area contributed by atoms with Crippen molar-refractivity contribution in [3.8, 4) is 11.3 Å². The Labute approximate surface area is 178 Å². The van der Waals surface area contributed by atoms with Gasteiger partial charge in [0, 0.05) is 23.9 Å². The molecule has 1 aliphatic heterocycles. The minimum atomic E-state index is -0.222. The summed E-state index contributed by atoms with van der Waals surface area (Å²) < 4.78 is 1.94. The highest BCUT2D eigenvalue weighted by atomic mass is 16.1. The maximum absolute atomic E-state index is 12.6. The first-order valence-electron chi connectivity index (χ1n) is 10.1. The molecule has 1 atom stereocenters. The number of carbonyl (C=O) groups excluding carboxylic acids is 1. The molecule has 156 valence electrons. The van der Waals surface area contributed by atoms with Crippen molar-refractivity contribution in [3.05, 3.63) is 60.0 Å². The van der Waals surface area contributed by atoms with Gasteiger partial charge >= 0.3 is 0 Å². The maximum atomic E-state index is 12.6. The molecule has 4 N–H and O–H groups in total. The van der Waals surface area contributed by atoms with Crippen LogP contribution < -0.4 is 16.4 Å². The van der Waals surface area contributed by atoms with Gasteiger partial charge in [-0.2, -0.15) is 5.10 Å². The predicted octanol–water partition coefficient (Wildman–Crippen LogP) is 2.57. The largest absolute Gasteiger partial charge is 0.383 e. The van der Waals surface area contributed by atoms with Crippen LogP contribution in [0.2, 0.25) is 0 Å². The summed E-state index contributed by atoms with van der Waals surface area (Å²) in [5, 5.41) is 11.7. The molecular weight excluding hydrogens is 392 g/mol. The molecule has 4 heterocycles. The zero-order valence-corrected chi connectivity index (χ0v) is 17.0. The molecule has 0 spiro atoms. The van der Waals surface area contributed by atoms with Crippen LogP contribution in [0.3, 0.4) is 0 Å². The third-order valence-electron chi connectivity index (χ3n) is 5.48. The Balaban J connectivity index is 1.47. The summed E-state index contributed by atoms with van der Waals surface area (Å²) in [4.78, 5) is 25.4. The summed E-state index contributed by atoms with van der Waals surface area (Å²) >= 11 is 0. The average molecular weight is 414 g/mol. The molecule has 3 aromatic heterocycles. The monoisotopic (exact) mass is 414 g/mol. The van der Waals surface area contributed by atoms with Gasteiger partial charge in [-0.3, -0.25) is 4.79 Å². The summed E-state index contributed by atoms with van der Waals surface area (Å²) in [6.07, 6.45) is 4.11. The second-order valence-corrected chi connectivity index (χ2v) is 7.65. The van der Waals surface area contributed by atoms with Crippen molar-refractivity contribution in [1.82, 2.24) is 30.0 Å². The molecule has 1 aliphatic rings. The number of benzene rings is 1. The first kappa shape index (κ1) is 19.1. The number of hydrogen-bond donors (Lipinski definition) is 3. The number of nitrogens with zero attached hydrogens (tertiary/aromatic N) is 5. The average Bonchev–Trinajstić information content (AvgIpc) is 3.42. The lowest BCUT2D eigenvalue weighted by Crippen LogP contribution is -2.15. The summed E-state index contributed by atoms with van der Waals surface area (Å²) in [6, 6.07) is 11.2. The Kier molecular flexibility index (Phi) is 4.79.